The van der Waals surface area contributed by atoms with Crippen LogP contribution in [0.5, 0.6) is 0 Å². The van der Waals surface area contributed by atoms with E-state index >= 15 is 0 Å². The molecular weight excluding hydrogens is 542 g/mol. The third-order valence-electron chi connectivity index (χ3n) is 8.56. The van der Waals surface area contributed by atoms with Crippen LogP contribution in [0.3, 0.4) is 0 Å². The first kappa shape index (κ1) is 28.4. The predicted molar refractivity (Wildman–Crippen MR) is 146 cm³/mol. The average Bonchev–Trinajstić information content (AvgIpc) is 3.17. The number of ether oxygens (including phenoxy) is 1. The van der Waals surface area contributed by atoms with Gasteiger partial charge in [0.2, 0.25) is 11.8 Å². The highest BCUT2D eigenvalue weighted by molar-refractivity contribution is 6.30. The molecule has 214 valence electrons. The fourth-order valence-electron chi connectivity index (χ4n) is 6.43. The molecular formula is C29H33ClF2N4O4. The molecule has 3 amide bonds. The summed E-state index contributed by atoms with van der Waals surface area (Å²) in [5, 5.41) is 3.00. The zero-order valence-corrected chi connectivity index (χ0v) is 23.1. The molecule has 0 bridgehead atoms. The van der Waals surface area contributed by atoms with Crippen molar-refractivity contribution in [2.75, 3.05) is 38.3 Å². The summed E-state index contributed by atoms with van der Waals surface area (Å²) in [7, 11) is 1.50. The van der Waals surface area contributed by atoms with Crippen LogP contribution in [0.15, 0.2) is 36.5 Å². The number of aromatic nitrogens is 1. The van der Waals surface area contributed by atoms with Crippen molar-refractivity contribution in [2.24, 2.45) is 5.92 Å². The van der Waals surface area contributed by atoms with Crippen LogP contribution in [0, 0.1) is 5.92 Å². The number of nitrogens with one attached hydrogen (secondary N) is 1. The Kier molecular flexibility index (Phi) is 8.37. The Balaban J connectivity index is 1.21. The minimum absolute atomic E-state index is 0.0378. The molecule has 0 radical (unpaired) electrons. The summed E-state index contributed by atoms with van der Waals surface area (Å²) < 4.78 is 31.7. The van der Waals surface area contributed by atoms with E-state index in [0.717, 1.165) is 30.3 Å². The maximum atomic E-state index is 14.0. The summed E-state index contributed by atoms with van der Waals surface area (Å²) in [5.41, 5.74) is 0.560. The van der Waals surface area contributed by atoms with Crippen LogP contribution in [-0.2, 0) is 19.7 Å². The molecule has 2 aliphatic heterocycles. The molecule has 3 heterocycles. The van der Waals surface area contributed by atoms with Crippen molar-refractivity contribution < 1.29 is 27.9 Å². The first-order valence-corrected chi connectivity index (χ1v) is 14.0. The molecule has 1 aliphatic carbocycles. The highest BCUT2D eigenvalue weighted by Gasteiger charge is 2.52. The van der Waals surface area contributed by atoms with Crippen LogP contribution < -0.4 is 10.2 Å². The number of piperidine rings is 1. The van der Waals surface area contributed by atoms with Crippen molar-refractivity contribution in [1.29, 1.82) is 0 Å². The number of amides is 3. The number of carbonyl (C=O) groups is 3. The number of fused-ring (bicyclic) bond motifs is 2. The van der Waals surface area contributed by atoms with Gasteiger partial charge in [-0.25, -0.2) is 8.78 Å². The Bertz CT molecular complexity index is 1280. The van der Waals surface area contributed by atoms with Crippen LogP contribution in [0.4, 0.5) is 14.5 Å². The Hall–Kier alpha value is -3.11. The molecule has 2 aromatic rings. The highest BCUT2D eigenvalue weighted by Crippen LogP contribution is 2.48. The zero-order valence-electron chi connectivity index (χ0n) is 22.4. The lowest BCUT2D eigenvalue weighted by Crippen LogP contribution is -2.51. The maximum Gasteiger partial charge on any atom is 0.281 e. The first-order valence-electron chi connectivity index (χ1n) is 13.7. The summed E-state index contributed by atoms with van der Waals surface area (Å²) in [5.74, 6) is -0.326. The topological polar surface area (TPSA) is 91.8 Å². The quantitative estimate of drug-likeness (QED) is 0.525. The van der Waals surface area contributed by atoms with Crippen molar-refractivity contribution >= 4 is 35.0 Å². The van der Waals surface area contributed by atoms with Crippen molar-refractivity contribution in [3.05, 3.63) is 58.4 Å². The maximum absolute atomic E-state index is 14.0. The Morgan fingerprint density at radius 1 is 1.18 bits per heavy atom. The lowest BCUT2D eigenvalue weighted by Gasteiger charge is -2.39. The Morgan fingerprint density at radius 2 is 1.88 bits per heavy atom. The summed E-state index contributed by atoms with van der Waals surface area (Å²) in [6, 6.07) is 9.00. The van der Waals surface area contributed by atoms with E-state index in [-0.39, 0.29) is 41.0 Å². The zero-order chi connectivity index (χ0) is 28.4. The van der Waals surface area contributed by atoms with E-state index in [1.807, 2.05) is 29.2 Å². The standard InChI is InChI=1S/C29H33ClF2N4O4/c1-40-17-24(37)35-12-10-29(11-13-35)22-4-2-3-5-23(22)36(28(29)39)16-18-6-8-20(9-7-18)34-27(38)21-14-19(30)15-33-25(21)26(31)32/h2-5,14-15,18,20,26H,6-13,16-17H2,1H3,(H,34,38)/t18-,20-. The number of rotatable bonds is 7. The molecule has 1 aromatic carbocycles. The number of alkyl halides is 2. The summed E-state index contributed by atoms with van der Waals surface area (Å²) in [6.07, 6.45) is 2.32. The van der Waals surface area contributed by atoms with E-state index in [1.54, 1.807) is 4.90 Å². The largest absolute Gasteiger partial charge is 0.375 e. The number of methoxy groups -OCH3 is 1. The highest BCUT2D eigenvalue weighted by atomic mass is 35.5. The van der Waals surface area contributed by atoms with Gasteiger partial charge < -0.3 is 19.9 Å². The van der Waals surface area contributed by atoms with Gasteiger partial charge in [-0.1, -0.05) is 29.8 Å². The van der Waals surface area contributed by atoms with Crippen molar-refractivity contribution in [1.82, 2.24) is 15.2 Å². The molecule has 11 heteroatoms. The number of carbonyl (C=O) groups excluding carboxylic acids is 3. The molecule has 40 heavy (non-hydrogen) atoms. The van der Waals surface area contributed by atoms with E-state index in [9.17, 15) is 23.2 Å². The minimum atomic E-state index is -2.88. The molecule has 2 fully saturated rings. The van der Waals surface area contributed by atoms with Crippen molar-refractivity contribution in [2.45, 2.75) is 56.4 Å². The lowest BCUT2D eigenvalue weighted by atomic mass is 9.73. The number of likely N-dealkylation sites (tertiary alicyclic amines) is 1. The molecule has 8 nitrogen and oxygen atoms in total. The van der Waals surface area contributed by atoms with Crippen LogP contribution in [0.25, 0.3) is 0 Å². The molecule has 1 spiro atoms. The summed E-state index contributed by atoms with van der Waals surface area (Å²) >= 11 is 5.90. The predicted octanol–water partition coefficient (Wildman–Crippen LogP) is 4.51. The number of hydrogen-bond donors (Lipinski definition) is 1. The fourth-order valence-corrected chi connectivity index (χ4v) is 6.59. The van der Waals surface area contributed by atoms with Gasteiger partial charge in [0, 0.05) is 44.7 Å². The number of benzene rings is 1. The van der Waals surface area contributed by atoms with Crippen LogP contribution in [-0.4, -0.2) is 67.0 Å². The molecule has 1 saturated heterocycles. The SMILES string of the molecule is COCC(=O)N1CCC2(CC1)C(=O)N(C[C@H]1CC[C@H](NC(=O)c3cc(Cl)cnc3C(F)F)CC1)c1ccccc12. The van der Waals surface area contributed by atoms with E-state index < -0.39 is 23.4 Å². The molecule has 5 rings (SSSR count). The second-order valence-corrected chi connectivity index (χ2v) is 11.3. The monoisotopic (exact) mass is 574 g/mol. The minimum Gasteiger partial charge on any atom is -0.375 e. The molecule has 0 unspecified atom stereocenters. The Labute approximate surface area is 237 Å². The van der Waals surface area contributed by atoms with Gasteiger partial charge >= 0.3 is 0 Å². The number of hydrogen-bond acceptors (Lipinski definition) is 5. The van der Waals surface area contributed by atoms with Gasteiger partial charge in [0.15, 0.2) is 0 Å². The van der Waals surface area contributed by atoms with Gasteiger partial charge in [-0.05, 0) is 62.1 Å². The van der Waals surface area contributed by atoms with Crippen molar-refractivity contribution in [3.63, 3.8) is 0 Å². The van der Waals surface area contributed by atoms with Gasteiger partial charge in [0.05, 0.1) is 16.0 Å². The second kappa shape index (κ2) is 11.8. The molecule has 1 saturated carbocycles. The number of pyridine rings is 1. The van der Waals surface area contributed by atoms with E-state index in [4.69, 9.17) is 16.3 Å². The summed E-state index contributed by atoms with van der Waals surface area (Å²) in [4.78, 5) is 46.4. The average molecular weight is 575 g/mol. The van der Waals surface area contributed by atoms with Crippen LogP contribution >= 0.6 is 11.6 Å². The molecule has 1 N–H and O–H groups in total. The third-order valence-corrected chi connectivity index (χ3v) is 8.77. The van der Waals surface area contributed by atoms with E-state index in [2.05, 4.69) is 10.3 Å². The molecule has 0 atom stereocenters. The van der Waals surface area contributed by atoms with Crippen LogP contribution in [0.2, 0.25) is 5.02 Å². The first-order chi connectivity index (χ1) is 19.2. The Morgan fingerprint density at radius 3 is 2.55 bits per heavy atom. The van der Waals surface area contributed by atoms with Gasteiger partial charge in [-0.2, -0.15) is 0 Å². The smallest absolute Gasteiger partial charge is 0.281 e. The lowest BCUT2D eigenvalue weighted by molar-refractivity contribution is -0.138. The van der Waals surface area contributed by atoms with Gasteiger partial charge in [-0.15, -0.1) is 0 Å². The summed E-state index contributed by atoms with van der Waals surface area (Å²) in [6.45, 7) is 1.64. The molecule has 3 aliphatic rings. The van der Waals surface area contributed by atoms with E-state index in [1.165, 1.54) is 13.2 Å². The number of halogens is 3. The number of anilines is 1. The number of nitrogens with zero attached hydrogens (tertiary/aromatic N) is 3. The van der Waals surface area contributed by atoms with Gasteiger partial charge in [-0.3, -0.25) is 19.4 Å². The van der Waals surface area contributed by atoms with Gasteiger partial charge in [0.25, 0.3) is 12.3 Å². The van der Waals surface area contributed by atoms with Crippen LogP contribution in [0.1, 0.15) is 66.6 Å². The molecule has 1 aromatic heterocycles. The number of para-hydroxylation sites is 1. The normalized spacial score (nSPS) is 22.1. The fraction of sp³-hybridized carbons (Fsp3) is 0.517. The van der Waals surface area contributed by atoms with Gasteiger partial charge in [0.1, 0.15) is 12.3 Å². The third kappa shape index (κ3) is 5.43. The second-order valence-electron chi connectivity index (χ2n) is 10.9. The van der Waals surface area contributed by atoms with E-state index in [0.29, 0.717) is 45.3 Å². The van der Waals surface area contributed by atoms with Crippen molar-refractivity contribution in [3.8, 4) is 0 Å².